The Morgan fingerprint density at radius 1 is 1.08 bits per heavy atom. The number of carboxylic acid groups (broad SMARTS) is 2. The quantitative estimate of drug-likeness (QED) is 0.170. The van der Waals surface area contributed by atoms with Gasteiger partial charge in [0.05, 0.1) is 18.7 Å². The number of nitrogen functional groups attached to an aromatic ring is 1. The lowest BCUT2D eigenvalue weighted by molar-refractivity contribution is -0.192. The summed E-state index contributed by atoms with van der Waals surface area (Å²) in [5.41, 5.74) is 9.37. The van der Waals surface area contributed by atoms with Gasteiger partial charge in [-0.15, -0.1) is 0 Å². The summed E-state index contributed by atoms with van der Waals surface area (Å²) in [5.74, 6) is -2.36. The van der Waals surface area contributed by atoms with Gasteiger partial charge in [0.1, 0.15) is 11.6 Å². The van der Waals surface area contributed by atoms with Crippen LogP contribution in [-0.2, 0) is 9.59 Å². The molecule has 2 aromatic heterocycles. The number of fused-ring (bicyclic) bond motifs is 1. The number of carboxylic acids is 2. The minimum atomic E-state index is -5.08. The average molecular weight is 545 g/mol. The van der Waals surface area contributed by atoms with E-state index in [0.717, 1.165) is 34.2 Å². The maximum atomic E-state index is 11.5. The molecule has 39 heavy (non-hydrogen) atoms. The fraction of sp³-hybridized carbons (Fsp3) is 0.222. The van der Waals surface area contributed by atoms with Gasteiger partial charge >= 0.3 is 18.1 Å². The highest BCUT2D eigenvalue weighted by Crippen LogP contribution is 2.34. The first kappa shape index (κ1) is 28.8. The van der Waals surface area contributed by atoms with Crippen LogP contribution in [0.2, 0.25) is 0 Å². The SMILES string of the molecule is Nc1cccnc1NCCCOc1ccc2c(C(CC(=O)O)c3ccccc3)c[nH]c2c1.O=C(O)C(F)(F)F. The second-order valence-corrected chi connectivity index (χ2v) is 8.39. The van der Waals surface area contributed by atoms with E-state index in [-0.39, 0.29) is 12.3 Å². The molecule has 2 aromatic carbocycles. The predicted octanol–water partition coefficient (Wildman–Crippen LogP) is 5.27. The Morgan fingerprint density at radius 3 is 2.44 bits per heavy atom. The molecule has 12 heteroatoms. The average Bonchev–Trinajstić information content (AvgIpc) is 3.31. The number of benzene rings is 2. The van der Waals surface area contributed by atoms with Gasteiger partial charge in [0.2, 0.25) is 0 Å². The lowest BCUT2D eigenvalue weighted by atomic mass is 9.88. The summed E-state index contributed by atoms with van der Waals surface area (Å²) in [5, 5.41) is 20.8. The number of halogens is 3. The highest BCUT2D eigenvalue weighted by molar-refractivity contribution is 5.86. The maximum Gasteiger partial charge on any atom is 0.490 e. The van der Waals surface area contributed by atoms with Gasteiger partial charge in [-0.3, -0.25) is 4.79 Å². The van der Waals surface area contributed by atoms with Crippen LogP contribution in [0.3, 0.4) is 0 Å². The number of aliphatic carboxylic acids is 2. The Balaban J connectivity index is 0.000000532. The highest BCUT2D eigenvalue weighted by atomic mass is 19.4. The number of hydrogen-bond acceptors (Lipinski definition) is 6. The number of anilines is 2. The maximum absolute atomic E-state index is 11.5. The van der Waals surface area contributed by atoms with Crippen LogP contribution >= 0.6 is 0 Å². The Bertz CT molecular complexity index is 1390. The lowest BCUT2D eigenvalue weighted by Gasteiger charge is -2.15. The standard InChI is InChI=1S/C25H26N4O3.C2HF3O2/c26-22-8-4-11-27-25(22)28-12-5-13-32-18-9-10-19-21(16-29-23(19)14-18)20(15-24(30)31)17-6-2-1-3-7-17;3-2(4,5)1(6)7/h1-4,6-11,14,16,20,29H,5,12-13,15,26H2,(H,27,28)(H,30,31);(H,6,7). The Kier molecular flexibility index (Phi) is 9.74. The minimum Gasteiger partial charge on any atom is -0.493 e. The van der Waals surface area contributed by atoms with Gasteiger partial charge in [-0.1, -0.05) is 30.3 Å². The zero-order chi connectivity index (χ0) is 28.4. The van der Waals surface area contributed by atoms with E-state index in [1.54, 1.807) is 12.3 Å². The van der Waals surface area contributed by atoms with E-state index < -0.39 is 18.1 Å². The van der Waals surface area contributed by atoms with Gasteiger partial charge in [0.15, 0.2) is 0 Å². The normalized spacial score (nSPS) is 11.8. The molecule has 1 atom stereocenters. The number of aromatic nitrogens is 2. The second-order valence-electron chi connectivity index (χ2n) is 8.39. The summed E-state index contributed by atoms with van der Waals surface area (Å²) in [6, 6.07) is 19.2. The molecule has 6 N–H and O–H groups in total. The van der Waals surface area contributed by atoms with E-state index in [1.165, 1.54) is 0 Å². The first-order valence-electron chi connectivity index (χ1n) is 11.8. The van der Waals surface area contributed by atoms with Crippen molar-refractivity contribution in [3.63, 3.8) is 0 Å². The number of carbonyl (C=O) groups is 2. The number of alkyl halides is 3. The third-order valence-corrected chi connectivity index (χ3v) is 5.61. The van der Waals surface area contributed by atoms with E-state index in [2.05, 4.69) is 15.3 Å². The third kappa shape index (κ3) is 8.38. The van der Waals surface area contributed by atoms with Crippen LogP contribution in [0, 0.1) is 0 Å². The summed E-state index contributed by atoms with van der Waals surface area (Å²) in [4.78, 5) is 27.9. The fourth-order valence-corrected chi connectivity index (χ4v) is 3.81. The van der Waals surface area contributed by atoms with Gasteiger partial charge in [0.25, 0.3) is 0 Å². The van der Waals surface area contributed by atoms with Crippen molar-refractivity contribution in [3.05, 3.63) is 84.2 Å². The number of aromatic amines is 1. The number of pyridine rings is 1. The molecule has 0 aliphatic carbocycles. The molecule has 0 amide bonds. The number of hydrogen-bond donors (Lipinski definition) is 5. The molecule has 4 rings (SSSR count). The molecule has 4 aromatic rings. The summed E-state index contributed by atoms with van der Waals surface area (Å²) in [6.45, 7) is 1.24. The molecule has 9 nitrogen and oxygen atoms in total. The van der Waals surface area contributed by atoms with Crippen LogP contribution in [0.15, 0.2) is 73.1 Å². The first-order chi connectivity index (χ1) is 18.6. The van der Waals surface area contributed by atoms with Crippen LogP contribution in [-0.4, -0.2) is 51.4 Å². The van der Waals surface area contributed by atoms with E-state index in [1.807, 2.05) is 60.8 Å². The van der Waals surface area contributed by atoms with Crippen molar-refractivity contribution in [1.29, 1.82) is 0 Å². The molecule has 2 heterocycles. The van der Waals surface area contributed by atoms with Crippen LogP contribution in [0.1, 0.15) is 29.9 Å². The molecule has 0 bridgehead atoms. The van der Waals surface area contributed by atoms with E-state index in [0.29, 0.717) is 24.7 Å². The topological polar surface area (TPSA) is 151 Å². The van der Waals surface area contributed by atoms with Crippen molar-refractivity contribution in [1.82, 2.24) is 9.97 Å². The molecule has 0 aliphatic rings. The van der Waals surface area contributed by atoms with E-state index in [9.17, 15) is 23.1 Å². The van der Waals surface area contributed by atoms with Crippen molar-refractivity contribution in [2.45, 2.75) is 24.9 Å². The molecule has 0 radical (unpaired) electrons. The van der Waals surface area contributed by atoms with Crippen molar-refractivity contribution < 1.29 is 37.7 Å². The molecular weight excluding hydrogens is 517 g/mol. The number of nitrogens with zero attached hydrogens (tertiary/aromatic N) is 1. The highest BCUT2D eigenvalue weighted by Gasteiger charge is 2.38. The summed E-state index contributed by atoms with van der Waals surface area (Å²) in [6.07, 6.45) is -0.661. The molecule has 0 aliphatic heterocycles. The molecule has 0 spiro atoms. The van der Waals surface area contributed by atoms with E-state index in [4.69, 9.17) is 20.4 Å². The zero-order valence-corrected chi connectivity index (χ0v) is 20.6. The Hall–Kier alpha value is -4.74. The van der Waals surface area contributed by atoms with Crippen LogP contribution < -0.4 is 15.8 Å². The number of H-pyrrole nitrogens is 1. The lowest BCUT2D eigenvalue weighted by Crippen LogP contribution is -2.21. The zero-order valence-electron chi connectivity index (χ0n) is 20.6. The van der Waals surface area contributed by atoms with Crippen LogP contribution in [0.4, 0.5) is 24.7 Å². The van der Waals surface area contributed by atoms with Gasteiger partial charge in [-0.05, 0) is 41.8 Å². The number of nitrogens with two attached hydrogens (primary N) is 1. The number of rotatable bonds is 10. The molecule has 0 saturated heterocycles. The molecule has 0 fully saturated rings. The van der Waals surface area contributed by atoms with Gasteiger partial charge in [-0.25, -0.2) is 9.78 Å². The Labute approximate surface area is 221 Å². The van der Waals surface area contributed by atoms with Crippen LogP contribution in [0.25, 0.3) is 10.9 Å². The first-order valence-corrected chi connectivity index (χ1v) is 11.8. The van der Waals surface area contributed by atoms with Crippen molar-refractivity contribution >= 4 is 34.3 Å². The van der Waals surface area contributed by atoms with Gasteiger partial charge in [-0.2, -0.15) is 13.2 Å². The summed E-state index contributed by atoms with van der Waals surface area (Å²) < 4.78 is 37.6. The molecule has 1 unspecified atom stereocenters. The van der Waals surface area contributed by atoms with Crippen molar-refractivity contribution in [2.75, 3.05) is 24.2 Å². The molecule has 0 saturated carbocycles. The summed E-state index contributed by atoms with van der Waals surface area (Å²) in [7, 11) is 0. The smallest absolute Gasteiger partial charge is 0.490 e. The number of ether oxygens (including phenoxy) is 1. The monoisotopic (exact) mass is 544 g/mol. The summed E-state index contributed by atoms with van der Waals surface area (Å²) >= 11 is 0. The predicted molar refractivity (Wildman–Crippen MR) is 140 cm³/mol. The molecule has 206 valence electrons. The van der Waals surface area contributed by atoms with E-state index >= 15 is 0 Å². The van der Waals surface area contributed by atoms with Gasteiger partial charge < -0.3 is 31.0 Å². The fourth-order valence-electron chi connectivity index (χ4n) is 3.81. The molecular formula is C27H27F3N4O5. The minimum absolute atomic E-state index is 0.0308. The van der Waals surface area contributed by atoms with Crippen LogP contribution in [0.5, 0.6) is 5.75 Å². The van der Waals surface area contributed by atoms with Crippen molar-refractivity contribution in [3.8, 4) is 5.75 Å². The Morgan fingerprint density at radius 2 is 1.79 bits per heavy atom. The van der Waals surface area contributed by atoms with Gasteiger partial charge in [0, 0.05) is 41.8 Å². The largest absolute Gasteiger partial charge is 0.493 e. The van der Waals surface area contributed by atoms with Crippen molar-refractivity contribution in [2.24, 2.45) is 0 Å². The third-order valence-electron chi connectivity index (χ3n) is 5.61. The number of nitrogens with one attached hydrogen (secondary N) is 2. The second kappa shape index (κ2) is 13.2.